The highest BCUT2D eigenvalue weighted by Crippen LogP contribution is 2.28. The van der Waals surface area contributed by atoms with E-state index in [4.69, 9.17) is 0 Å². The maximum absolute atomic E-state index is 11.6. The van der Waals surface area contributed by atoms with Gasteiger partial charge in [0.25, 0.3) is 5.91 Å². The minimum atomic E-state index is 0.0588. The predicted molar refractivity (Wildman–Crippen MR) is 72.4 cm³/mol. The van der Waals surface area contributed by atoms with Gasteiger partial charge in [0.15, 0.2) is 0 Å². The predicted octanol–water partition coefficient (Wildman–Crippen LogP) is 2.16. The summed E-state index contributed by atoms with van der Waals surface area (Å²) in [5.74, 6) is 0.0588. The second-order valence-electron chi connectivity index (χ2n) is 4.36. The standard InChI is InChI=1S/C12H15IN2O/c1-7(15(2)3)8-4-9-6-14-12(16)11(9)10(13)5-8/h4-5,7H,6H2,1-3H3,(H,14,16)/t7-/m1/s1. The molecular weight excluding hydrogens is 315 g/mol. The lowest BCUT2D eigenvalue weighted by molar-refractivity contribution is 0.0965. The summed E-state index contributed by atoms with van der Waals surface area (Å²) in [6.45, 7) is 2.83. The molecule has 1 aromatic carbocycles. The van der Waals surface area contributed by atoms with Gasteiger partial charge >= 0.3 is 0 Å². The maximum Gasteiger partial charge on any atom is 0.252 e. The van der Waals surface area contributed by atoms with Gasteiger partial charge in [-0.1, -0.05) is 6.07 Å². The Balaban J connectivity index is 2.46. The summed E-state index contributed by atoms with van der Waals surface area (Å²) < 4.78 is 1.05. The third-order valence-electron chi connectivity index (χ3n) is 3.12. The minimum Gasteiger partial charge on any atom is -0.348 e. The second-order valence-corrected chi connectivity index (χ2v) is 5.52. The Morgan fingerprint density at radius 2 is 2.12 bits per heavy atom. The number of hydrogen-bond acceptors (Lipinski definition) is 2. The van der Waals surface area contributed by atoms with Gasteiger partial charge in [-0.3, -0.25) is 4.79 Å². The zero-order valence-corrected chi connectivity index (χ0v) is 11.8. The Morgan fingerprint density at radius 1 is 1.44 bits per heavy atom. The first-order valence-corrected chi connectivity index (χ1v) is 6.35. The van der Waals surface area contributed by atoms with E-state index in [9.17, 15) is 4.79 Å². The monoisotopic (exact) mass is 330 g/mol. The number of amides is 1. The summed E-state index contributed by atoms with van der Waals surface area (Å²) in [7, 11) is 4.13. The van der Waals surface area contributed by atoms with Gasteiger partial charge in [-0.25, -0.2) is 0 Å². The first-order valence-electron chi connectivity index (χ1n) is 5.27. The van der Waals surface area contributed by atoms with E-state index in [-0.39, 0.29) is 5.91 Å². The summed E-state index contributed by atoms with van der Waals surface area (Å²) >= 11 is 2.24. The second kappa shape index (κ2) is 4.33. The number of halogens is 1. The molecule has 1 N–H and O–H groups in total. The van der Waals surface area contributed by atoms with Gasteiger partial charge in [0.05, 0.1) is 5.56 Å². The van der Waals surface area contributed by atoms with Crippen LogP contribution in [0.3, 0.4) is 0 Å². The SMILES string of the molecule is C[C@H](c1cc(I)c2c(c1)CNC2=O)N(C)C. The molecule has 4 heteroatoms. The van der Waals surface area contributed by atoms with E-state index >= 15 is 0 Å². The molecule has 0 saturated carbocycles. The Bertz CT molecular complexity index is 443. The lowest BCUT2D eigenvalue weighted by Gasteiger charge is -2.21. The Labute approximate surface area is 109 Å². The fourth-order valence-electron chi connectivity index (χ4n) is 1.88. The molecule has 0 unspecified atom stereocenters. The van der Waals surface area contributed by atoms with E-state index in [1.54, 1.807) is 0 Å². The number of nitrogens with one attached hydrogen (secondary N) is 1. The highest BCUT2D eigenvalue weighted by Gasteiger charge is 2.23. The lowest BCUT2D eigenvalue weighted by atomic mass is 10.0. The van der Waals surface area contributed by atoms with Gasteiger partial charge in [0.2, 0.25) is 0 Å². The van der Waals surface area contributed by atoms with Crippen LogP contribution in [0, 0.1) is 3.57 Å². The molecule has 3 nitrogen and oxygen atoms in total. The number of nitrogens with zero attached hydrogens (tertiary/aromatic N) is 1. The molecule has 1 aliphatic rings. The number of fused-ring (bicyclic) bond motifs is 1. The van der Waals surface area contributed by atoms with Crippen LogP contribution in [0.25, 0.3) is 0 Å². The summed E-state index contributed by atoms with van der Waals surface area (Å²) in [5, 5.41) is 2.86. The van der Waals surface area contributed by atoms with Gasteiger partial charge < -0.3 is 10.2 Å². The van der Waals surface area contributed by atoms with Crippen LogP contribution in [0.1, 0.15) is 34.5 Å². The molecule has 0 aliphatic carbocycles. The Morgan fingerprint density at radius 3 is 2.75 bits per heavy atom. The molecule has 0 fully saturated rings. The highest BCUT2D eigenvalue weighted by molar-refractivity contribution is 14.1. The van der Waals surface area contributed by atoms with Crippen LogP contribution in [0.15, 0.2) is 12.1 Å². The van der Waals surface area contributed by atoms with Gasteiger partial charge in [-0.05, 0) is 60.8 Å². The minimum absolute atomic E-state index is 0.0588. The Kier molecular flexibility index (Phi) is 3.21. The number of hydrogen-bond donors (Lipinski definition) is 1. The van der Waals surface area contributed by atoms with Gasteiger partial charge in [-0.15, -0.1) is 0 Å². The van der Waals surface area contributed by atoms with Gasteiger partial charge in [0, 0.05) is 16.2 Å². The molecule has 1 atom stereocenters. The first-order chi connectivity index (χ1) is 7.50. The van der Waals surface area contributed by atoms with E-state index in [1.165, 1.54) is 5.56 Å². The van der Waals surface area contributed by atoms with E-state index in [0.717, 1.165) is 14.7 Å². The zero-order valence-electron chi connectivity index (χ0n) is 9.67. The van der Waals surface area contributed by atoms with Crippen molar-refractivity contribution in [1.29, 1.82) is 0 Å². The van der Waals surface area contributed by atoms with Crippen molar-refractivity contribution in [3.05, 3.63) is 32.4 Å². The topological polar surface area (TPSA) is 32.3 Å². The zero-order chi connectivity index (χ0) is 11.9. The molecule has 0 radical (unpaired) electrons. The van der Waals surface area contributed by atoms with Crippen molar-refractivity contribution in [3.8, 4) is 0 Å². The van der Waals surface area contributed by atoms with E-state index in [1.807, 2.05) is 0 Å². The molecule has 1 heterocycles. The molecule has 0 saturated heterocycles. The first kappa shape index (κ1) is 11.9. The van der Waals surface area contributed by atoms with E-state index in [2.05, 4.69) is 66.0 Å². The van der Waals surface area contributed by atoms with Crippen molar-refractivity contribution < 1.29 is 4.79 Å². The number of benzene rings is 1. The molecule has 2 rings (SSSR count). The molecule has 16 heavy (non-hydrogen) atoms. The van der Waals surface area contributed by atoms with Crippen molar-refractivity contribution in [1.82, 2.24) is 10.2 Å². The van der Waals surface area contributed by atoms with Crippen molar-refractivity contribution >= 4 is 28.5 Å². The van der Waals surface area contributed by atoms with Crippen molar-refractivity contribution in [2.24, 2.45) is 0 Å². The number of carbonyl (C=O) groups excluding carboxylic acids is 1. The highest BCUT2D eigenvalue weighted by atomic mass is 127. The molecule has 86 valence electrons. The lowest BCUT2D eigenvalue weighted by Crippen LogP contribution is -2.17. The Hall–Kier alpha value is -0.620. The third-order valence-corrected chi connectivity index (χ3v) is 3.97. The van der Waals surface area contributed by atoms with Crippen LogP contribution in [0.4, 0.5) is 0 Å². The average Bonchev–Trinajstić information content (AvgIpc) is 2.59. The summed E-state index contributed by atoms with van der Waals surface area (Å²) in [5.41, 5.74) is 3.25. The van der Waals surface area contributed by atoms with Crippen LogP contribution in [0.2, 0.25) is 0 Å². The van der Waals surface area contributed by atoms with E-state index in [0.29, 0.717) is 12.6 Å². The maximum atomic E-state index is 11.6. The van der Waals surface area contributed by atoms with Crippen LogP contribution < -0.4 is 5.32 Å². The summed E-state index contributed by atoms with van der Waals surface area (Å²) in [6, 6.07) is 4.61. The molecule has 0 spiro atoms. The summed E-state index contributed by atoms with van der Waals surface area (Å²) in [6.07, 6.45) is 0. The molecular formula is C12H15IN2O. The van der Waals surface area contributed by atoms with Crippen LogP contribution in [0.5, 0.6) is 0 Å². The molecule has 0 bridgehead atoms. The van der Waals surface area contributed by atoms with E-state index < -0.39 is 0 Å². The van der Waals surface area contributed by atoms with Gasteiger partial charge in [-0.2, -0.15) is 0 Å². The molecule has 1 amide bonds. The molecule has 0 aromatic heterocycles. The fraction of sp³-hybridized carbons (Fsp3) is 0.417. The molecule has 1 aromatic rings. The quantitative estimate of drug-likeness (QED) is 0.843. The van der Waals surface area contributed by atoms with Crippen LogP contribution in [-0.2, 0) is 6.54 Å². The average molecular weight is 330 g/mol. The number of rotatable bonds is 2. The van der Waals surface area contributed by atoms with Gasteiger partial charge in [0.1, 0.15) is 0 Å². The van der Waals surface area contributed by atoms with Crippen molar-refractivity contribution in [3.63, 3.8) is 0 Å². The normalized spacial score (nSPS) is 16.2. The van der Waals surface area contributed by atoms with Crippen molar-refractivity contribution in [2.75, 3.05) is 14.1 Å². The smallest absolute Gasteiger partial charge is 0.252 e. The fourth-order valence-corrected chi connectivity index (χ4v) is 2.83. The molecule has 1 aliphatic heterocycles. The third kappa shape index (κ3) is 1.96. The summed E-state index contributed by atoms with van der Waals surface area (Å²) in [4.78, 5) is 13.7. The number of carbonyl (C=O) groups is 1. The van der Waals surface area contributed by atoms with Crippen LogP contribution in [-0.4, -0.2) is 24.9 Å². The van der Waals surface area contributed by atoms with Crippen molar-refractivity contribution in [2.45, 2.75) is 19.5 Å². The largest absolute Gasteiger partial charge is 0.348 e. The van der Waals surface area contributed by atoms with Crippen LogP contribution >= 0.6 is 22.6 Å².